The Morgan fingerprint density at radius 1 is 1.09 bits per heavy atom. The van der Waals surface area contributed by atoms with Crippen LogP contribution in [0.4, 0.5) is 14.5 Å². The molecule has 0 radical (unpaired) electrons. The largest absolute Gasteiger partial charge is 0.371 e. The van der Waals surface area contributed by atoms with E-state index in [0.29, 0.717) is 22.4 Å². The Kier molecular flexibility index (Phi) is 6.93. The van der Waals surface area contributed by atoms with Crippen molar-refractivity contribution in [1.82, 2.24) is 19.8 Å². The van der Waals surface area contributed by atoms with Crippen LogP contribution in [0, 0.1) is 17.6 Å². The quantitative estimate of drug-likeness (QED) is 0.582. The number of anilines is 1. The molecule has 176 valence electrons. The second-order valence-electron chi connectivity index (χ2n) is 9.09. The molecule has 3 aromatic rings. The number of fused-ring (bicyclic) bond motifs is 1. The first kappa shape index (κ1) is 23.2. The lowest BCUT2D eigenvalue weighted by Gasteiger charge is -2.34. The van der Waals surface area contributed by atoms with Crippen LogP contribution in [0.15, 0.2) is 36.4 Å². The third-order valence-corrected chi connectivity index (χ3v) is 6.33. The fraction of sp³-hybridized carbons (Fsp3) is 0.440. The second kappa shape index (κ2) is 9.87. The molecule has 1 saturated heterocycles. The molecule has 0 atom stereocenters. The van der Waals surface area contributed by atoms with Crippen molar-refractivity contribution < 1.29 is 13.6 Å². The molecule has 1 amide bonds. The number of H-pyrrole nitrogens is 1. The number of nitrogens with zero attached hydrogens (tertiary/aromatic N) is 4. The van der Waals surface area contributed by atoms with Crippen molar-refractivity contribution in [1.29, 1.82) is 0 Å². The van der Waals surface area contributed by atoms with Gasteiger partial charge in [0.1, 0.15) is 17.5 Å². The number of carbonyl (C=O) groups excluding carboxylic acids is 1. The van der Waals surface area contributed by atoms with Gasteiger partial charge in [0, 0.05) is 44.4 Å². The normalized spacial score (nSPS) is 14.9. The minimum atomic E-state index is -0.386. The van der Waals surface area contributed by atoms with Crippen molar-refractivity contribution in [2.45, 2.75) is 19.3 Å². The van der Waals surface area contributed by atoms with Gasteiger partial charge < -0.3 is 19.7 Å². The maximum atomic E-state index is 14.6. The Morgan fingerprint density at radius 3 is 2.58 bits per heavy atom. The fourth-order valence-electron chi connectivity index (χ4n) is 4.43. The van der Waals surface area contributed by atoms with E-state index < -0.39 is 0 Å². The minimum absolute atomic E-state index is 0.0239. The number of carbonyl (C=O) groups is 1. The molecule has 1 aromatic heterocycles. The molecule has 0 saturated carbocycles. The number of hydrogen-bond acceptors (Lipinski definition) is 4. The standard InChI is InChI=1S/C25H31F2N5O/c1-30(2)11-4-12-31(3)25(33)17-9-13-32(14-10-17)19-6-7-21(27)20(16-19)24-28-22-8-5-18(26)15-23(22)29-24/h5-8,15-17H,4,9-14H2,1-3H3,(H,28,29). The van der Waals surface area contributed by atoms with Gasteiger partial charge in [0.15, 0.2) is 0 Å². The van der Waals surface area contributed by atoms with Crippen LogP contribution in [-0.4, -0.2) is 73.0 Å². The molecule has 33 heavy (non-hydrogen) atoms. The molecule has 0 spiro atoms. The van der Waals surface area contributed by atoms with E-state index in [9.17, 15) is 13.6 Å². The van der Waals surface area contributed by atoms with Gasteiger partial charge in [-0.2, -0.15) is 0 Å². The lowest BCUT2D eigenvalue weighted by Crippen LogP contribution is -2.41. The maximum absolute atomic E-state index is 14.6. The van der Waals surface area contributed by atoms with Crippen molar-refractivity contribution >= 4 is 22.6 Å². The summed E-state index contributed by atoms with van der Waals surface area (Å²) < 4.78 is 28.1. The van der Waals surface area contributed by atoms with Crippen LogP contribution in [0.1, 0.15) is 19.3 Å². The van der Waals surface area contributed by atoms with Crippen molar-refractivity contribution in [3.8, 4) is 11.4 Å². The van der Waals surface area contributed by atoms with E-state index in [2.05, 4.69) is 19.8 Å². The summed E-state index contributed by atoms with van der Waals surface area (Å²) in [7, 11) is 5.95. The van der Waals surface area contributed by atoms with Gasteiger partial charge in [-0.15, -0.1) is 0 Å². The predicted octanol–water partition coefficient (Wildman–Crippen LogP) is 4.13. The number of nitrogens with one attached hydrogen (secondary N) is 1. The monoisotopic (exact) mass is 455 g/mol. The van der Waals surface area contributed by atoms with Gasteiger partial charge in [0.05, 0.1) is 16.6 Å². The summed E-state index contributed by atoms with van der Waals surface area (Å²) in [5.41, 5.74) is 2.36. The van der Waals surface area contributed by atoms with Gasteiger partial charge in [-0.3, -0.25) is 4.79 Å². The van der Waals surface area contributed by atoms with Crippen molar-refractivity contribution in [2.75, 3.05) is 52.2 Å². The molecule has 1 aliphatic heterocycles. The van der Waals surface area contributed by atoms with Crippen molar-refractivity contribution in [3.05, 3.63) is 48.0 Å². The second-order valence-corrected chi connectivity index (χ2v) is 9.09. The molecule has 4 rings (SSSR count). The Morgan fingerprint density at radius 2 is 1.85 bits per heavy atom. The molecule has 0 unspecified atom stereocenters. The van der Waals surface area contributed by atoms with Gasteiger partial charge in [-0.1, -0.05) is 0 Å². The molecule has 0 bridgehead atoms. The van der Waals surface area contributed by atoms with E-state index in [-0.39, 0.29) is 23.5 Å². The first-order valence-electron chi connectivity index (χ1n) is 11.4. The smallest absolute Gasteiger partial charge is 0.225 e. The summed E-state index contributed by atoms with van der Waals surface area (Å²) in [6.45, 7) is 3.19. The SMILES string of the molecule is CN(C)CCCN(C)C(=O)C1CCN(c2ccc(F)c(-c3nc4cc(F)ccc4[nH]3)c2)CC1. The number of hydrogen-bond donors (Lipinski definition) is 1. The highest BCUT2D eigenvalue weighted by atomic mass is 19.1. The van der Waals surface area contributed by atoms with Crippen LogP contribution in [-0.2, 0) is 4.79 Å². The fourth-order valence-corrected chi connectivity index (χ4v) is 4.43. The van der Waals surface area contributed by atoms with Crippen LogP contribution in [0.25, 0.3) is 22.4 Å². The van der Waals surface area contributed by atoms with E-state index in [1.54, 1.807) is 18.2 Å². The Balaban J connectivity index is 1.42. The summed E-state index contributed by atoms with van der Waals surface area (Å²) in [5.74, 6) is -0.156. The van der Waals surface area contributed by atoms with Gasteiger partial charge in [-0.25, -0.2) is 13.8 Å². The van der Waals surface area contributed by atoms with Crippen LogP contribution in [0.2, 0.25) is 0 Å². The number of amides is 1. The van der Waals surface area contributed by atoms with E-state index in [1.807, 2.05) is 26.0 Å². The lowest BCUT2D eigenvalue weighted by molar-refractivity contribution is -0.134. The van der Waals surface area contributed by atoms with E-state index >= 15 is 0 Å². The van der Waals surface area contributed by atoms with Crippen LogP contribution >= 0.6 is 0 Å². The molecule has 1 fully saturated rings. The number of aromatic amines is 1. The first-order chi connectivity index (χ1) is 15.8. The molecule has 8 heteroatoms. The Labute approximate surface area is 193 Å². The minimum Gasteiger partial charge on any atom is -0.371 e. The predicted molar refractivity (Wildman–Crippen MR) is 127 cm³/mol. The average molecular weight is 456 g/mol. The number of rotatable bonds is 7. The first-order valence-corrected chi connectivity index (χ1v) is 11.4. The van der Waals surface area contributed by atoms with E-state index in [0.717, 1.165) is 51.1 Å². The summed E-state index contributed by atoms with van der Waals surface area (Å²) in [4.78, 5) is 26.4. The summed E-state index contributed by atoms with van der Waals surface area (Å²) in [6, 6.07) is 9.25. The number of halogens is 2. The Bertz CT molecular complexity index is 1120. The van der Waals surface area contributed by atoms with E-state index in [1.165, 1.54) is 18.2 Å². The Hall–Kier alpha value is -3.00. The molecule has 6 nitrogen and oxygen atoms in total. The van der Waals surface area contributed by atoms with Gasteiger partial charge in [0.25, 0.3) is 0 Å². The number of imidazole rings is 1. The topological polar surface area (TPSA) is 55.5 Å². The molecule has 1 aliphatic rings. The van der Waals surface area contributed by atoms with Gasteiger partial charge in [0.2, 0.25) is 5.91 Å². The zero-order valence-electron chi connectivity index (χ0n) is 19.4. The van der Waals surface area contributed by atoms with Crippen molar-refractivity contribution in [3.63, 3.8) is 0 Å². The van der Waals surface area contributed by atoms with Gasteiger partial charge in [-0.05, 0) is 70.2 Å². The highest BCUT2D eigenvalue weighted by molar-refractivity contribution is 5.80. The zero-order chi connectivity index (χ0) is 23.5. The van der Waals surface area contributed by atoms with Crippen molar-refractivity contribution in [2.24, 2.45) is 5.92 Å². The molecule has 2 heterocycles. The number of piperidine rings is 1. The highest BCUT2D eigenvalue weighted by Crippen LogP contribution is 2.30. The lowest BCUT2D eigenvalue weighted by atomic mass is 9.94. The highest BCUT2D eigenvalue weighted by Gasteiger charge is 2.27. The molecular weight excluding hydrogens is 424 g/mol. The van der Waals surface area contributed by atoms with Crippen LogP contribution < -0.4 is 4.90 Å². The van der Waals surface area contributed by atoms with E-state index in [4.69, 9.17) is 0 Å². The average Bonchev–Trinajstić information content (AvgIpc) is 3.21. The van der Waals surface area contributed by atoms with Gasteiger partial charge >= 0.3 is 0 Å². The molecule has 2 aromatic carbocycles. The summed E-state index contributed by atoms with van der Waals surface area (Å²) in [5, 5.41) is 0. The number of benzene rings is 2. The third kappa shape index (κ3) is 5.33. The van der Waals surface area contributed by atoms with Crippen LogP contribution in [0.3, 0.4) is 0 Å². The number of aromatic nitrogens is 2. The summed E-state index contributed by atoms with van der Waals surface area (Å²) >= 11 is 0. The molecule has 1 N–H and O–H groups in total. The zero-order valence-corrected chi connectivity index (χ0v) is 19.4. The summed E-state index contributed by atoms with van der Waals surface area (Å²) in [6.07, 6.45) is 2.50. The van der Waals surface area contributed by atoms with Crippen LogP contribution in [0.5, 0.6) is 0 Å². The maximum Gasteiger partial charge on any atom is 0.225 e. The third-order valence-electron chi connectivity index (χ3n) is 6.33. The molecular formula is C25H31F2N5O. The molecule has 0 aliphatic carbocycles.